The van der Waals surface area contributed by atoms with E-state index in [2.05, 4.69) is 46.6 Å². The van der Waals surface area contributed by atoms with E-state index in [-0.39, 0.29) is 6.04 Å². The van der Waals surface area contributed by atoms with Gasteiger partial charge in [0.05, 0.1) is 12.6 Å². The van der Waals surface area contributed by atoms with E-state index in [1.807, 2.05) is 19.1 Å². The number of benzene rings is 2. The third-order valence-corrected chi connectivity index (χ3v) is 4.65. The molecule has 1 N–H and O–H groups in total. The van der Waals surface area contributed by atoms with Crippen LogP contribution in [-0.2, 0) is 0 Å². The van der Waals surface area contributed by atoms with Gasteiger partial charge in [-0.25, -0.2) is 0 Å². The molecule has 1 saturated heterocycles. The molecule has 0 spiro atoms. The summed E-state index contributed by atoms with van der Waals surface area (Å²) in [5.41, 5.74) is 2.52. The molecule has 0 saturated carbocycles. The molecule has 1 fully saturated rings. The number of nitrogens with zero attached hydrogens (tertiary/aromatic N) is 1. The fraction of sp³-hybridized carbons (Fsp3) is 0.400. The Morgan fingerprint density at radius 2 is 1.92 bits per heavy atom. The van der Waals surface area contributed by atoms with E-state index in [1.165, 1.54) is 11.1 Å². The Labute approximate surface area is 149 Å². The molecule has 2 aromatic carbocycles. The Bertz CT molecular complexity index is 636. The maximum Gasteiger partial charge on any atom is 0.119 e. The largest absolute Gasteiger partial charge is 0.494 e. The van der Waals surface area contributed by atoms with Crippen molar-refractivity contribution in [1.29, 1.82) is 0 Å². The predicted octanol–water partition coefficient (Wildman–Crippen LogP) is 4.12. The van der Waals surface area contributed by atoms with Crippen LogP contribution in [0.15, 0.2) is 48.5 Å². The monoisotopic (exact) mass is 344 g/mol. The Morgan fingerprint density at radius 3 is 2.67 bits per heavy atom. The summed E-state index contributed by atoms with van der Waals surface area (Å²) in [7, 11) is 0. The van der Waals surface area contributed by atoms with E-state index >= 15 is 0 Å². The summed E-state index contributed by atoms with van der Waals surface area (Å²) in [6.45, 7) is 6.92. The van der Waals surface area contributed by atoms with Crippen molar-refractivity contribution in [3.05, 3.63) is 64.7 Å². The Kier molecular flexibility index (Phi) is 6.13. The fourth-order valence-electron chi connectivity index (χ4n) is 3.33. The van der Waals surface area contributed by atoms with E-state index in [9.17, 15) is 0 Å². The number of hydrogen-bond acceptors (Lipinski definition) is 3. The molecule has 0 radical (unpaired) electrons. The van der Waals surface area contributed by atoms with Crippen LogP contribution >= 0.6 is 11.6 Å². The third kappa shape index (κ3) is 4.29. The molecule has 128 valence electrons. The third-order valence-electron chi connectivity index (χ3n) is 4.41. The highest BCUT2D eigenvalue weighted by Crippen LogP contribution is 2.31. The molecule has 1 aliphatic heterocycles. The molecular weight excluding hydrogens is 320 g/mol. The van der Waals surface area contributed by atoms with Crippen LogP contribution in [0.3, 0.4) is 0 Å². The standard InChI is InChI=1S/C20H25ClN2O/c1-2-24-19-9-7-16(8-10-19)20(17-5-3-6-18(21)15-17)23-13-4-11-22-12-14-23/h3,5-10,15,20,22H,2,4,11-14H2,1H3. The van der Waals surface area contributed by atoms with Gasteiger partial charge in [-0.1, -0.05) is 35.9 Å². The van der Waals surface area contributed by atoms with Gasteiger partial charge in [0.25, 0.3) is 0 Å². The molecule has 0 aliphatic carbocycles. The first kappa shape index (κ1) is 17.3. The quantitative estimate of drug-likeness (QED) is 0.882. The lowest BCUT2D eigenvalue weighted by Crippen LogP contribution is -2.33. The van der Waals surface area contributed by atoms with Crippen LogP contribution in [0.4, 0.5) is 0 Å². The zero-order valence-electron chi connectivity index (χ0n) is 14.2. The number of halogens is 1. The molecule has 24 heavy (non-hydrogen) atoms. The van der Waals surface area contributed by atoms with Crippen molar-refractivity contribution >= 4 is 11.6 Å². The van der Waals surface area contributed by atoms with Crippen molar-refractivity contribution in [2.75, 3.05) is 32.8 Å². The van der Waals surface area contributed by atoms with Gasteiger partial charge in [0.15, 0.2) is 0 Å². The molecule has 1 atom stereocenters. The highest BCUT2D eigenvalue weighted by Gasteiger charge is 2.23. The molecule has 0 bridgehead atoms. The average molecular weight is 345 g/mol. The lowest BCUT2D eigenvalue weighted by Gasteiger charge is -2.31. The first-order valence-electron chi connectivity index (χ1n) is 8.71. The minimum absolute atomic E-state index is 0.222. The smallest absolute Gasteiger partial charge is 0.119 e. The predicted molar refractivity (Wildman–Crippen MR) is 100.0 cm³/mol. The summed E-state index contributed by atoms with van der Waals surface area (Å²) in [5, 5.41) is 4.27. The number of rotatable bonds is 5. The number of nitrogens with one attached hydrogen (secondary N) is 1. The lowest BCUT2D eigenvalue weighted by atomic mass is 9.96. The molecule has 0 amide bonds. The van der Waals surface area contributed by atoms with Crippen LogP contribution in [0.25, 0.3) is 0 Å². The lowest BCUT2D eigenvalue weighted by molar-refractivity contribution is 0.241. The topological polar surface area (TPSA) is 24.5 Å². The van der Waals surface area contributed by atoms with Gasteiger partial charge >= 0.3 is 0 Å². The summed E-state index contributed by atoms with van der Waals surface area (Å²) in [4.78, 5) is 2.54. The molecule has 0 aromatic heterocycles. The van der Waals surface area contributed by atoms with Crippen molar-refractivity contribution in [2.45, 2.75) is 19.4 Å². The van der Waals surface area contributed by atoms with E-state index in [0.29, 0.717) is 6.61 Å². The maximum absolute atomic E-state index is 6.26. The second kappa shape index (κ2) is 8.52. The van der Waals surface area contributed by atoms with Crippen molar-refractivity contribution in [3.63, 3.8) is 0 Å². The molecule has 4 heteroatoms. The van der Waals surface area contributed by atoms with E-state index in [0.717, 1.165) is 43.4 Å². The van der Waals surface area contributed by atoms with Crippen LogP contribution in [0.2, 0.25) is 5.02 Å². The Morgan fingerprint density at radius 1 is 1.08 bits per heavy atom. The highest BCUT2D eigenvalue weighted by molar-refractivity contribution is 6.30. The van der Waals surface area contributed by atoms with Gasteiger partial charge in [0, 0.05) is 24.7 Å². The molecular formula is C20H25ClN2O. The molecule has 1 heterocycles. The van der Waals surface area contributed by atoms with Crippen molar-refractivity contribution in [1.82, 2.24) is 10.2 Å². The zero-order chi connectivity index (χ0) is 16.8. The molecule has 2 aromatic rings. The van der Waals surface area contributed by atoms with Crippen LogP contribution in [0.5, 0.6) is 5.75 Å². The summed E-state index contributed by atoms with van der Waals surface area (Å²) in [6.07, 6.45) is 1.16. The van der Waals surface area contributed by atoms with Gasteiger partial charge < -0.3 is 10.1 Å². The average Bonchev–Trinajstić information content (AvgIpc) is 2.86. The summed E-state index contributed by atoms with van der Waals surface area (Å²) in [5.74, 6) is 0.920. The van der Waals surface area contributed by atoms with E-state index < -0.39 is 0 Å². The van der Waals surface area contributed by atoms with E-state index in [4.69, 9.17) is 16.3 Å². The van der Waals surface area contributed by atoms with Crippen LogP contribution in [0.1, 0.15) is 30.5 Å². The van der Waals surface area contributed by atoms with Gasteiger partial charge in [0.2, 0.25) is 0 Å². The minimum Gasteiger partial charge on any atom is -0.494 e. The fourth-order valence-corrected chi connectivity index (χ4v) is 3.53. The van der Waals surface area contributed by atoms with Crippen molar-refractivity contribution < 1.29 is 4.74 Å². The van der Waals surface area contributed by atoms with Crippen molar-refractivity contribution in [2.24, 2.45) is 0 Å². The van der Waals surface area contributed by atoms with E-state index in [1.54, 1.807) is 0 Å². The molecule has 1 unspecified atom stereocenters. The second-order valence-electron chi connectivity index (χ2n) is 6.10. The minimum atomic E-state index is 0.222. The zero-order valence-corrected chi connectivity index (χ0v) is 14.9. The molecule has 3 nitrogen and oxygen atoms in total. The van der Waals surface area contributed by atoms with Crippen LogP contribution in [0, 0.1) is 0 Å². The van der Waals surface area contributed by atoms with Crippen LogP contribution in [-0.4, -0.2) is 37.7 Å². The number of ether oxygens (including phenoxy) is 1. The van der Waals surface area contributed by atoms with Gasteiger partial charge in [-0.05, 0) is 55.3 Å². The van der Waals surface area contributed by atoms with Crippen LogP contribution < -0.4 is 10.1 Å². The Hall–Kier alpha value is -1.55. The maximum atomic E-state index is 6.26. The summed E-state index contributed by atoms with van der Waals surface area (Å²) in [6, 6.07) is 16.9. The van der Waals surface area contributed by atoms with Gasteiger partial charge in [-0.2, -0.15) is 0 Å². The Balaban J connectivity index is 1.94. The van der Waals surface area contributed by atoms with Gasteiger partial charge in [0.1, 0.15) is 5.75 Å². The first-order chi connectivity index (χ1) is 11.8. The molecule has 3 rings (SSSR count). The van der Waals surface area contributed by atoms with Gasteiger partial charge in [-0.15, -0.1) is 0 Å². The van der Waals surface area contributed by atoms with Crippen molar-refractivity contribution in [3.8, 4) is 5.75 Å². The summed E-state index contributed by atoms with van der Waals surface area (Å²) >= 11 is 6.26. The second-order valence-corrected chi connectivity index (χ2v) is 6.54. The van der Waals surface area contributed by atoms with Gasteiger partial charge in [-0.3, -0.25) is 4.90 Å². The SMILES string of the molecule is CCOc1ccc(C(c2cccc(Cl)c2)N2CCCNCC2)cc1. The summed E-state index contributed by atoms with van der Waals surface area (Å²) < 4.78 is 5.59. The number of hydrogen-bond donors (Lipinski definition) is 1. The molecule has 1 aliphatic rings. The normalized spacial score (nSPS) is 17.2. The first-order valence-corrected chi connectivity index (χ1v) is 9.08. The highest BCUT2D eigenvalue weighted by atomic mass is 35.5.